The zero-order valence-electron chi connectivity index (χ0n) is 17.6. The first-order valence-electron chi connectivity index (χ1n) is 10.7. The minimum atomic E-state index is 0.0533. The maximum atomic E-state index is 13.1. The molecule has 1 aromatic carbocycles. The van der Waals surface area contributed by atoms with E-state index in [1.807, 2.05) is 46.8 Å². The van der Waals surface area contributed by atoms with Gasteiger partial charge in [-0.15, -0.1) is 0 Å². The zero-order valence-corrected chi connectivity index (χ0v) is 18.4. The summed E-state index contributed by atoms with van der Waals surface area (Å²) in [5.74, 6) is 2.34. The molecule has 4 rings (SSSR count). The minimum absolute atomic E-state index is 0.0533. The van der Waals surface area contributed by atoms with Gasteiger partial charge in [-0.05, 0) is 49.0 Å². The summed E-state index contributed by atoms with van der Waals surface area (Å²) in [5.41, 5.74) is 2.95. The highest BCUT2D eigenvalue weighted by Crippen LogP contribution is 2.49. The molecule has 2 heterocycles. The second kappa shape index (κ2) is 8.42. The predicted molar refractivity (Wildman–Crippen MR) is 119 cm³/mol. The van der Waals surface area contributed by atoms with E-state index in [9.17, 15) is 9.59 Å². The van der Waals surface area contributed by atoms with Crippen molar-refractivity contribution in [1.82, 2.24) is 14.8 Å². The van der Waals surface area contributed by atoms with Crippen LogP contribution in [-0.4, -0.2) is 64.8 Å². The van der Waals surface area contributed by atoms with Crippen molar-refractivity contribution in [3.05, 3.63) is 35.5 Å². The third-order valence-corrected chi connectivity index (χ3v) is 7.32. The van der Waals surface area contributed by atoms with Gasteiger partial charge in [0, 0.05) is 55.3 Å². The number of piperidine rings is 1. The predicted octanol–water partition coefficient (Wildman–Crippen LogP) is 3.79. The molecule has 2 amide bonds. The number of unbranched alkanes of at least 4 members (excludes halogenated alkanes) is 1. The van der Waals surface area contributed by atoms with Gasteiger partial charge in [-0.1, -0.05) is 19.1 Å². The van der Waals surface area contributed by atoms with E-state index in [1.165, 1.54) is 5.56 Å². The van der Waals surface area contributed by atoms with E-state index in [4.69, 9.17) is 0 Å². The molecule has 2 aliphatic rings. The second-order valence-corrected chi connectivity index (χ2v) is 9.38. The Morgan fingerprint density at radius 2 is 2.00 bits per heavy atom. The molecular weight excluding hydrogens is 382 g/mol. The normalized spacial score (nSPS) is 22.7. The van der Waals surface area contributed by atoms with Crippen LogP contribution in [0.3, 0.4) is 0 Å². The van der Waals surface area contributed by atoms with Crippen molar-refractivity contribution in [2.45, 2.75) is 38.6 Å². The summed E-state index contributed by atoms with van der Waals surface area (Å²) in [7, 11) is 1.91. The molecule has 0 spiro atoms. The lowest BCUT2D eigenvalue weighted by atomic mass is 10.1. The summed E-state index contributed by atoms with van der Waals surface area (Å²) in [5, 5.41) is 1.14. The highest BCUT2D eigenvalue weighted by Gasteiger charge is 2.59. The molecule has 0 bridgehead atoms. The first kappa shape index (κ1) is 20.3. The standard InChI is InChI=1S/C23H31N3O2S/c1-4-15-8-7-9-19-16(15)12-20(24-19)23(28)25(2)22-17-13-26(14-18(17)22)21(27)10-5-6-11-29-3/h7-9,12,17-18,22,24H,4-6,10-11,13-14H2,1-3H3/t17-,18+,22?. The molecule has 156 valence electrons. The van der Waals surface area contributed by atoms with Crippen molar-refractivity contribution < 1.29 is 9.59 Å². The van der Waals surface area contributed by atoms with Gasteiger partial charge < -0.3 is 14.8 Å². The number of nitrogens with zero attached hydrogens (tertiary/aromatic N) is 2. The van der Waals surface area contributed by atoms with Crippen LogP contribution in [-0.2, 0) is 11.2 Å². The number of fused-ring (bicyclic) bond motifs is 2. The van der Waals surface area contributed by atoms with Crippen LogP contribution in [0.15, 0.2) is 24.3 Å². The fraction of sp³-hybridized carbons (Fsp3) is 0.565. The van der Waals surface area contributed by atoms with Gasteiger partial charge in [-0.25, -0.2) is 0 Å². The molecule has 29 heavy (non-hydrogen) atoms. The Hall–Kier alpha value is -1.95. The lowest BCUT2D eigenvalue weighted by molar-refractivity contribution is -0.130. The summed E-state index contributed by atoms with van der Waals surface area (Å²) in [6.07, 6.45) is 5.80. The maximum Gasteiger partial charge on any atom is 0.270 e. The topological polar surface area (TPSA) is 56.4 Å². The van der Waals surface area contributed by atoms with Gasteiger partial charge in [0.2, 0.25) is 5.91 Å². The van der Waals surface area contributed by atoms with Crippen LogP contribution in [0.2, 0.25) is 0 Å². The summed E-state index contributed by atoms with van der Waals surface area (Å²) in [4.78, 5) is 32.7. The summed E-state index contributed by atoms with van der Waals surface area (Å²) < 4.78 is 0. The summed E-state index contributed by atoms with van der Waals surface area (Å²) in [6.45, 7) is 3.75. The number of benzene rings is 1. The Morgan fingerprint density at radius 1 is 1.24 bits per heavy atom. The molecule has 1 aromatic heterocycles. The van der Waals surface area contributed by atoms with Crippen LogP contribution in [0.4, 0.5) is 0 Å². The molecule has 1 N–H and O–H groups in total. The fourth-order valence-electron chi connectivity index (χ4n) is 4.92. The molecule has 6 heteroatoms. The summed E-state index contributed by atoms with van der Waals surface area (Å²) >= 11 is 1.84. The van der Waals surface area contributed by atoms with Crippen LogP contribution in [0.1, 0.15) is 42.2 Å². The van der Waals surface area contributed by atoms with Crippen LogP contribution < -0.4 is 0 Å². The molecule has 2 fully saturated rings. The smallest absolute Gasteiger partial charge is 0.270 e. The van der Waals surface area contributed by atoms with Crippen LogP contribution in [0.25, 0.3) is 10.9 Å². The van der Waals surface area contributed by atoms with Gasteiger partial charge in [-0.2, -0.15) is 11.8 Å². The average Bonchev–Trinajstić information content (AvgIpc) is 3.09. The lowest BCUT2D eigenvalue weighted by Crippen LogP contribution is -2.38. The molecule has 3 atom stereocenters. The molecule has 1 saturated heterocycles. The SMILES string of the molecule is CCc1cccc2[nH]c(C(=O)N(C)C3[C@H]4CN(C(=O)CCCCSC)C[C@@H]34)cc12. The number of carbonyl (C=O) groups excluding carboxylic acids is 2. The average molecular weight is 414 g/mol. The van der Waals surface area contributed by atoms with Gasteiger partial charge in [0.25, 0.3) is 5.91 Å². The number of nitrogens with one attached hydrogen (secondary N) is 1. The number of likely N-dealkylation sites (tertiary alicyclic amines) is 1. The number of hydrogen-bond donors (Lipinski definition) is 1. The van der Waals surface area contributed by atoms with Crippen molar-refractivity contribution >= 4 is 34.5 Å². The Balaban J connectivity index is 1.34. The molecule has 2 aromatic rings. The Bertz CT molecular complexity index is 897. The Morgan fingerprint density at radius 3 is 2.69 bits per heavy atom. The van der Waals surface area contributed by atoms with Crippen molar-refractivity contribution in [3.63, 3.8) is 0 Å². The van der Waals surface area contributed by atoms with Crippen LogP contribution >= 0.6 is 11.8 Å². The van der Waals surface area contributed by atoms with Crippen molar-refractivity contribution in [2.75, 3.05) is 32.1 Å². The third kappa shape index (κ3) is 3.91. The Labute approximate surface area is 177 Å². The number of thioether (sulfide) groups is 1. The van der Waals surface area contributed by atoms with E-state index in [-0.39, 0.29) is 17.9 Å². The van der Waals surface area contributed by atoms with Crippen LogP contribution in [0, 0.1) is 11.8 Å². The number of hydrogen-bond acceptors (Lipinski definition) is 3. The van der Waals surface area contributed by atoms with Crippen molar-refractivity contribution in [1.29, 1.82) is 0 Å². The number of aromatic nitrogens is 1. The van der Waals surface area contributed by atoms with E-state index in [2.05, 4.69) is 24.2 Å². The van der Waals surface area contributed by atoms with E-state index < -0.39 is 0 Å². The molecule has 5 nitrogen and oxygen atoms in total. The molecule has 1 saturated carbocycles. The zero-order chi connectivity index (χ0) is 20.5. The first-order valence-corrected chi connectivity index (χ1v) is 12.1. The molecule has 0 radical (unpaired) electrons. The number of carbonyl (C=O) groups is 2. The van der Waals surface area contributed by atoms with Gasteiger partial charge in [0.1, 0.15) is 5.69 Å². The van der Waals surface area contributed by atoms with Crippen LogP contribution in [0.5, 0.6) is 0 Å². The summed E-state index contributed by atoms with van der Waals surface area (Å²) in [6, 6.07) is 8.44. The highest BCUT2D eigenvalue weighted by atomic mass is 32.2. The van der Waals surface area contributed by atoms with E-state index in [0.29, 0.717) is 24.0 Å². The minimum Gasteiger partial charge on any atom is -0.351 e. The van der Waals surface area contributed by atoms with E-state index in [0.717, 1.165) is 49.0 Å². The number of rotatable bonds is 8. The maximum absolute atomic E-state index is 13.1. The number of amides is 2. The lowest BCUT2D eigenvalue weighted by Gasteiger charge is -2.24. The Kier molecular flexibility index (Phi) is 5.91. The van der Waals surface area contributed by atoms with Gasteiger partial charge >= 0.3 is 0 Å². The molecule has 1 aliphatic heterocycles. The molecular formula is C23H31N3O2S. The monoisotopic (exact) mass is 413 g/mol. The van der Waals surface area contributed by atoms with Gasteiger partial charge in [-0.3, -0.25) is 9.59 Å². The largest absolute Gasteiger partial charge is 0.351 e. The van der Waals surface area contributed by atoms with Gasteiger partial charge in [0.05, 0.1) is 0 Å². The highest BCUT2D eigenvalue weighted by molar-refractivity contribution is 7.98. The number of aryl methyl sites for hydroxylation is 1. The number of aromatic amines is 1. The second-order valence-electron chi connectivity index (χ2n) is 8.40. The third-order valence-electron chi connectivity index (χ3n) is 6.62. The molecule has 1 unspecified atom stereocenters. The van der Waals surface area contributed by atoms with Crippen molar-refractivity contribution in [3.8, 4) is 0 Å². The first-order chi connectivity index (χ1) is 14.0. The van der Waals surface area contributed by atoms with E-state index in [1.54, 1.807) is 0 Å². The number of H-pyrrole nitrogens is 1. The molecule has 1 aliphatic carbocycles. The quantitative estimate of drug-likeness (QED) is 0.670. The van der Waals surface area contributed by atoms with Crippen molar-refractivity contribution in [2.24, 2.45) is 11.8 Å². The van der Waals surface area contributed by atoms with Gasteiger partial charge in [0.15, 0.2) is 0 Å². The van der Waals surface area contributed by atoms with E-state index >= 15 is 0 Å². The fourth-order valence-corrected chi connectivity index (χ4v) is 5.41.